The van der Waals surface area contributed by atoms with Gasteiger partial charge in [-0.1, -0.05) is 35.5 Å². The molecular weight excluding hydrogens is 460 g/mol. The average molecular weight is 495 g/mol. The van der Waals surface area contributed by atoms with Crippen molar-refractivity contribution < 1.29 is 29.1 Å². The maximum absolute atomic E-state index is 9.55. The van der Waals surface area contributed by atoms with Crippen LogP contribution < -0.4 is 4.74 Å². The summed E-state index contributed by atoms with van der Waals surface area (Å²) in [5, 5.41) is 21.1. The van der Waals surface area contributed by atoms with Gasteiger partial charge in [0.2, 0.25) is 0 Å². The molecule has 2 heterocycles. The number of carboxylic acids is 2. The summed E-state index contributed by atoms with van der Waals surface area (Å²) in [6, 6.07) is 16.8. The molecule has 192 valence electrons. The van der Waals surface area contributed by atoms with Crippen LogP contribution in [0.25, 0.3) is 11.0 Å². The van der Waals surface area contributed by atoms with Crippen molar-refractivity contribution in [2.45, 2.75) is 52.2 Å². The molecule has 0 saturated carbocycles. The third-order valence-electron chi connectivity index (χ3n) is 6.00. The van der Waals surface area contributed by atoms with E-state index in [0.29, 0.717) is 12.2 Å². The highest BCUT2D eigenvalue weighted by molar-refractivity contribution is 5.89. The van der Waals surface area contributed by atoms with Gasteiger partial charge in [-0.2, -0.15) is 0 Å². The fourth-order valence-corrected chi connectivity index (χ4v) is 4.25. The molecule has 4 rings (SSSR count). The van der Waals surface area contributed by atoms with Gasteiger partial charge in [-0.05, 0) is 76.2 Å². The number of carbonyl (C=O) groups is 2. The minimum atomic E-state index is -1.26. The zero-order valence-electron chi connectivity index (χ0n) is 20.8. The van der Waals surface area contributed by atoms with Crippen LogP contribution in [0, 0.1) is 5.92 Å². The first kappa shape index (κ1) is 26.9. The molecule has 0 bridgehead atoms. The molecule has 1 aromatic heterocycles. The summed E-state index contributed by atoms with van der Waals surface area (Å²) in [5.74, 6) is -0.891. The second-order valence-electron chi connectivity index (χ2n) is 9.21. The lowest BCUT2D eigenvalue weighted by atomic mass is 9.91. The number of fused-ring (bicyclic) bond motifs is 1. The van der Waals surface area contributed by atoms with Crippen molar-refractivity contribution in [1.29, 1.82) is 0 Å². The second kappa shape index (κ2) is 13.4. The Morgan fingerprint density at radius 2 is 1.75 bits per heavy atom. The van der Waals surface area contributed by atoms with Crippen molar-refractivity contribution in [2.24, 2.45) is 5.92 Å². The van der Waals surface area contributed by atoms with Gasteiger partial charge in [0.15, 0.2) is 5.58 Å². The van der Waals surface area contributed by atoms with Gasteiger partial charge >= 0.3 is 11.9 Å². The Bertz CT molecular complexity index is 1130. The maximum Gasteiger partial charge on any atom is 0.328 e. The van der Waals surface area contributed by atoms with E-state index in [0.717, 1.165) is 41.3 Å². The smallest absolute Gasteiger partial charge is 0.328 e. The first-order valence-electron chi connectivity index (χ1n) is 12.3. The molecular formula is C28H34N2O6. The first-order chi connectivity index (χ1) is 17.3. The Balaban J connectivity index is 0.000000392. The summed E-state index contributed by atoms with van der Waals surface area (Å²) in [7, 11) is 0. The van der Waals surface area contributed by atoms with Crippen LogP contribution in [0.2, 0.25) is 0 Å². The van der Waals surface area contributed by atoms with E-state index in [4.69, 9.17) is 19.5 Å². The van der Waals surface area contributed by atoms with Crippen LogP contribution in [0.3, 0.4) is 0 Å². The third kappa shape index (κ3) is 8.85. The van der Waals surface area contributed by atoms with Crippen molar-refractivity contribution in [1.82, 2.24) is 10.1 Å². The Morgan fingerprint density at radius 1 is 1.08 bits per heavy atom. The number of aromatic nitrogens is 1. The normalized spacial score (nSPS) is 14.6. The van der Waals surface area contributed by atoms with Gasteiger partial charge in [-0.3, -0.25) is 4.90 Å². The molecule has 0 radical (unpaired) electrons. The van der Waals surface area contributed by atoms with Gasteiger partial charge < -0.3 is 19.5 Å². The van der Waals surface area contributed by atoms with E-state index >= 15 is 0 Å². The third-order valence-corrected chi connectivity index (χ3v) is 6.00. The number of nitrogens with zero attached hydrogens (tertiary/aromatic N) is 2. The molecule has 2 N–H and O–H groups in total. The van der Waals surface area contributed by atoms with E-state index in [9.17, 15) is 9.59 Å². The van der Waals surface area contributed by atoms with Gasteiger partial charge in [0, 0.05) is 30.1 Å². The van der Waals surface area contributed by atoms with Crippen molar-refractivity contribution >= 4 is 22.9 Å². The highest BCUT2D eigenvalue weighted by atomic mass is 16.5. The number of hydrogen-bond acceptors (Lipinski definition) is 6. The molecule has 1 fully saturated rings. The molecule has 0 aliphatic carbocycles. The summed E-state index contributed by atoms with van der Waals surface area (Å²) in [5.41, 5.74) is 3.32. The summed E-state index contributed by atoms with van der Waals surface area (Å²) >= 11 is 0. The molecule has 0 atom stereocenters. The summed E-state index contributed by atoms with van der Waals surface area (Å²) in [6.07, 6.45) is 5.99. The quantitative estimate of drug-likeness (QED) is 0.392. The topological polar surface area (TPSA) is 113 Å². The predicted molar refractivity (Wildman–Crippen MR) is 137 cm³/mol. The number of hydrogen-bond donors (Lipinski definition) is 2. The van der Waals surface area contributed by atoms with Crippen molar-refractivity contribution in [3.8, 4) is 5.75 Å². The van der Waals surface area contributed by atoms with E-state index < -0.39 is 11.9 Å². The molecule has 1 saturated heterocycles. The molecule has 0 spiro atoms. The first-order valence-corrected chi connectivity index (χ1v) is 12.3. The van der Waals surface area contributed by atoms with Crippen molar-refractivity contribution in [3.63, 3.8) is 0 Å². The van der Waals surface area contributed by atoms with E-state index in [-0.39, 0.29) is 6.10 Å². The Hall–Kier alpha value is -3.65. The van der Waals surface area contributed by atoms with Gasteiger partial charge in [-0.25, -0.2) is 9.59 Å². The van der Waals surface area contributed by atoms with Gasteiger partial charge in [-0.15, -0.1) is 0 Å². The van der Waals surface area contributed by atoms with Gasteiger partial charge in [0.25, 0.3) is 0 Å². The second-order valence-corrected chi connectivity index (χ2v) is 9.21. The number of carboxylic acid groups (broad SMARTS) is 2. The number of benzene rings is 2. The van der Waals surface area contributed by atoms with Gasteiger partial charge in [0.05, 0.1) is 11.8 Å². The lowest BCUT2D eigenvalue weighted by Crippen LogP contribution is -2.33. The number of aryl methyl sites for hydroxylation is 1. The Kier molecular flexibility index (Phi) is 10.1. The van der Waals surface area contributed by atoms with Crippen LogP contribution in [0.5, 0.6) is 5.75 Å². The van der Waals surface area contributed by atoms with Gasteiger partial charge in [0.1, 0.15) is 5.75 Å². The predicted octanol–water partition coefficient (Wildman–Crippen LogP) is 5.17. The molecule has 0 unspecified atom stereocenters. The molecule has 1 aliphatic heterocycles. The van der Waals surface area contributed by atoms with Crippen LogP contribution in [0.4, 0.5) is 0 Å². The minimum Gasteiger partial charge on any atom is -0.491 e. The monoisotopic (exact) mass is 494 g/mol. The molecule has 1 aliphatic rings. The van der Waals surface area contributed by atoms with E-state index in [2.05, 4.69) is 46.5 Å². The number of ether oxygens (including phenoxy) is 1. The fourth-order valence-electron chi connectivity index (χ4n) is 4.25. The molecule has 8 heteroatoms. The minimum absolute atomic E-state index is 0.160. The van der Waals surface area contributed by atoms with E-state index in [1.54, 1.807) is 0 Å². The SMILES string of the molecule is CC(C)Oc1ccc2c(CCC3CCN(Cc4ccccc4)CC3)noc2c1.O=C(O)/C=C/C(=O)O. The molecule has 3 aromatic rings. The zero-order valence-corrected chi connectivity index (χ0v) is 20.8. The maximum atomic E-state index is 9.55. The summed E-state index contributed by atoms with van der Waals surface area (Å²) in [6.45, 7) is 7.51. The van der Waals surface area contributed by atoms with Crippen molar-refractivity contribution in [3.05, 3.63) is 71.9 Å². The molecule has 2 aromatic carbocycles. The summed E-state index contributed by atoms with van der Waals surface area (Å²) in [4.78, 5) is 21.7. The largest absolute Gasteiger partial charge is 0.491 e. The average Bonchev–Trinajstić information content (AvgIpc) is 3.25. The number of piperidine rings is 1. The molecule has 8 nitrogen and oxygen atoms in total. The van der Waals surface area contributed by atoms with Crippen LogP contribution >= 0.6 is 0 Å². The van der Waals surface area contributed by atoms with E-state index in [1.807, 2.05) is 26.0 Å². The highest BCUT2D eigenvalue weighted by Crippen LogP contribution is 2.28. The van der Waals surface area contributed by atoms with Crippen LogP contribution in [-0.2, 0) is 22.6 Å². The number of rotatable bonds is 9. The fraction of sp³-hybridized carbons (Fsp3) is 0.393. The highest BCUT2D eigenvalue weighted by Gasteiger charge is 2.20. The summed E-state index contributed by atoms with van der Waals surface area (Å²) < 4.78 is 11.3. The van der Waals surface area contributed by atoms with Crippen molar-refractivity contribution in [2.75, 3.05) is 13.1 Å². The lowest BCUT2D eigenvalue weighted by Gasteiger charge is -2.31. The standard InChI is InChI=1S/C24H30N2O2.C4H4O4/c1-18(2)27-21-9-10-22-23(25-28-24(22)16-21)11-8-19-12-14-26(15-13-19)17-20-6-4-3-5-7-20;5-3(6)1-2-4(7)8/h3-7,9-10,16,18-19H,8,11-15,17H2,1-2H3;1-2H,(H,5,6)(H,7,8)/b;2-1+. The molecule has 0 amide bonds. The Labute approximate surface area is 211 Å². The lowest BCUT2D eigenvalue weighted by molar-refractivity contribution is -0.134. The Morgan fingerprint density at radius 3 is 2.36 bits per heavy atom. The van der Waals surface area contributed by atoms with Crippen LogP contribution in [0.15, 0.2) is 65.2 Å². The number of aliphatic carboxylic acids is 2. The van der Waals surface area contributed by atoms with Crippen LogP contribution in [0.1, 0.15) is 44.4 Å². The van der Waals surface area contributed by atoms with E-state index in [1.165, 1.54) is 37.9 Å². The number of likely N-dealkylation sites (tertiary alicyclic amines) is 1. The zero-order chi connectivity index (χ0) is 25.9. The molecule has 36 heavy (non-hydrogen) atoms. The van der Waals surface area contributed by atoms with Crippen LogP contribution in [-0.4, -0.2) is 51.4 Å².